The van der Waals surface area contributed by atoms with Crippen molar-refractivity contribution in [1.29, 1.82) is 0 Å². The molecule has 0 aromatic heterocycles. The number of carbonyl (C=O) groups excluding carboxylic acids is 1. The third-order valence-electron chi connectivity index (χ3n) is 4.29. The van der Waals surface area contributed by atoms with E-state index < -0.39 is 0 Å². The fourth-order valence-corrected chi connectivity index (χ4v) is 3.22. The minimum atomic E-state index is 0.194. The van der Waals surface area contributed by atoms with Gasteiger partial charge in [0, 0.05) is 11.6 Å². The SMILES string of the molecule is O=C1Nc2ccccc2CCC1C1CCNCC1. The third kappa shape index (κ3) is 2.27. The van der Waals surface area contributed by atoms with Gasteiger partial charge in [0.1, 0.15) is 0 Å². The van der Waals surface area contributed by atoms with Crippen LogP contribution in [0.3, 0.4) is 0 Å². The maximum absolute atomic E-state index is 12.3. The predicted octanol–water partition coefficient (Wildman–Crippen LogP) is 2.19. The van der Waals surface area contributed by atoms with Crippen LogP contribution >= 0.6 is 0 Å². The van der Waals surface area contributed by atoms with Crippen molar-refractivity contribution < 1.29 is 4.79 Å². The Morgan fingerprint density at radius 3 is 2.67 bits per heavy atom. The van der Waals surface area contributed by atoms with Crippen LogP contribution in [0, 0.1) is 11.8 Å². The molecule has 1 amide bonds. The smallest absolute Gasteiger partial charge is 0.227 e. The van der Waals surface area contributed by atoms with Gasteiger partial charge in [0.05, 0.1) is 0 Å². The van der Waals surface area contributed by atoms with Crippen molar-refractivity contribution in [2.75, 3.05) is 18.4 Å². The van der Waals surface area contributed by atoms with Gasteiger partial charge in [0.2, 0.25) is 5.91 Å². The summed E-state index contributed by atoms with van der Waals surface area (Å²) in [4.78, 5) is 12.3. The second-order valence-corrected chi connectivity index (χ2v) is 5.38. The highest BCUT2D eigenvalue weighted by Crippen LogP contribution is 2.31. The monoisotopic (exact) mass is 244 g/mol. The molecule has 1 aromatic carbocycles. The lowest BCUT2D eigenvalue weighted by molar-refractivity contribution is -0.121. The summed E-state index contributed by atoms with van der Waals surface area (Å²) < 4.78 is 0. The Labute approximate surface area is 108 Å². The molecule has 2 aliphatic rings. The maximum Gasteiger partial charge on any atom is 0.227 e. The number of nitrogens with one attached hydrogen (secondary N) is 2. The molecule has 0 saturated carbocycles. The Morgan fingerprint density at radius 2 is 1.83 bits per heavy atom. The van der Waals surface area contributed by atoms with Crippen molar-refractivity contribution in [2.24, 2.45) is 11.8 Å². The van der Waals surface area contributed by atoms with Crippen molar-refractivity contribution in [3.05, 3.63) is 29.8 Å². The number of benzene rings is 1. The van der Waals surface area contributed by atoms with E-state index in [0.29, 0.717) is 5.92 Å². The molecule has 1 atom stereocenters. The number of fused-ring (bicyclic) bond motifs is 1. The van der Waals surface area contributed by atoms with E-state index in [4.69, 9.17) is 0 Å². The first-order valence-electron chi connectivity index (χ1n) is 6.94. The normalized spacial score (nSPS) is 25.1. The molecule has 0 radical (unpaired) electrons. The van der Waals surface area contributed by atoms with Gasteiger partial charge < -0.3 is 10.6 Å². The molecule has 0 aliphatic carbocycles. The lowest BCUT2D eigenvalue weighted by atomic mass is 9.81. The van der Waals surface area contributed by atoms with Gasteiger partial charge in [-0.05, 0) is 56.3 Å². The Balaban J connectivity index is 1.78. The van der Waals surface area contributed by atoms with Gasteiger partial charge in [-0.3, -0.25) is 4.79 Å². The number of carbonyl (C=O) groups is 1. The van der Waals surface area contributed by atoms with Crippen molar-refractivity contribution in [2.45, 2.75) is 25.7 Å². The fourth-order valence-electron chi connectivity index (χ4n) is 3.22. The van der Waals surface area contributed by atoms with Gasteiger partial charge in [-0.25, -0.2) is 0 Å². The van der Waals surface area contributed by atoms with Crippen molar-refractivity contribution in [3.8, 4) is 0 Å². The molecule has 1 saturated heterocycles. The van der Waals surface area contributed by atoms with Gasteiger partial charge in [-0.2, -0.15) is 0 Å². The molecule has 1 aromatic rings. The second kappa shape index (κ2) is 5.11. The number of aryl methyl sites for hydroxylation is 1. The zero-order chi connectivity index (χ0) is 12.4. The zero-order valence-electron chi connectivity index (χ0n) is 10.6. The van der Waals surface area contributed by atoms with Crippen LogP contribution in [0.1, 0.15) is 24.8 Å². The lowest BCUT2D eigenvalue weighted by Crippen LogP contribution is -2.36. The van der Waals surface area contributed by atoms with E-state index in [-0.39, 0.29) is 11.8 Å². The third-order valence-corrected chi connectivity index (χ3v) is 4.29. The summed E-state index contributed by atoms with van der Waals surface area (Å²) in [5, 5.41) is 6.48. The minimum absolute atomic E-state index is 0.194. The standard InChI is InChI=1S/C15H20N2O/c18-15-13(11-7-9-16-10-8-11)6-5-12-3-1-2-4-14(12)17-15/h1-4,11,13,16H,5-10H2,(H,17,18). The van der Waals surface area contributed by atoms with E-state index in [2.05, 4.69) is 22.8 Å². The molecule has 1 fully saturated rings. The summed E-state index contributed by atoms with van der Waals surface area (Å²) in [5.41, 5.74) is 2.29. The quantitative estimate of drug-likeness (QED) is 0.795. The molecule has 96 valence electrons. The summed E-state index contributed by atoms with van der Waals surface area (Å²) in [6, 6.07) is 8.18. The van der Waals surface area contributed by atoms with Crippen LogP contribution in [0.5, 0.6) is 0 Å². The van der Waals surface area contributed by atoms with Crippen molar-refractivity contribution in [3.63, 3.8) is 0 Å². The molecule has 18 heavy (non-hydrogen) atoms. The average Bonchev–Trinajstić information content (AvgIpc) is 2.58. The van der Waals surface area contributed by atoms with E-state index in [0.717, 1.165) is 44.5 Å². The lowest BCUT2D eigenvalue weighted by Gasteiger charge is -2.28. The zero-order valence-corrected chi connectivity index (χ0v) is 10.6. The number of amides is 1. The topological polar surface area (TPSA) is 41.1 Å². The Hall–Kier alpha value is -1.35. The van der Waals surface area contributed by atoms with Crippen LogP contribution in [0.2, 0.25) is 0 Å². The number of hydrogen-bond acceptors (Lipinski definition) is 2. The highest BCUT2D eigenvalue weighted by Gasteiger charge is 2.31. The number of para-hydroxylation sites is 1. The van der Waals surface area contributed by atoms with Crippen LogP contribution < -0.4 is 10.6 Å². The maximum atomic E-state index is 12.3. The molecule has 3 nitrogen and oxygen atoms in total. The molecular weight excluding hydrogens is 224 g/mol. The van der Waals surface area contributed by atoms with Crippen molar-refractivity contribution in [1.82, 2.24) is 5.32 Å². The van der Waals surface area contributed by atoms with E-state index in [1.54, 1.807) is 0 Å². The molecule has 1 unspecified atom stereocenters. The van der Waals surface area contributed by atoms with Crippen LogP contribution in [-0.2, 0) is 11.2 Å². The first kappa shape index (κ1) is 11.7. The van der Waals surface area contributed by atoms with Gasteiger partial charge in [0.15, 0.2) is 0 Å². The summed E-state index contributed by atoms with van der Waals surface area (Å²) in [6.07, 6.45) is 4.28. The summed E-state index contributed by atoms with van der Waals surface area (Å²) in [6.45, 7) is 2.11. The second-order valence-electron chi connectivity index (χ2n) is 5.38. The Bertz CT molecular complexity index is 438. The van der Waals surface area contributed by atoms with Crippen LogP contribution in [0.15, 0.2) is 24.3 Å². The minimum Gasteiger partial charge on any atom is -0.326 e. The number of anilines is 1. The molecule has 0 bridgehead atoms. The van der Waals surface area contributed by atoms with Gasteiger partial charge in [0.25, 0.3) is 0 Å². The van der Waals surface area contributed by atoms with E-state index in [1.165, 1.54) is 5.56 Å². The van der Waals surface area contributed by atoms with Gasteiger partial charge in [-0.1, -0.05) is 18.2 Å². The highest BCUT2D eigenvalue weighted by atomic mass is 16.1. The Morgan fingerprint density at radius 1 is 1.06 bits per heavy atom. The number of piperidine rings is 1. The summed E-state index contributed by atoms with van der Waals surface area (Å²) in [5.74, 6) is 0.979. The van der Waals surface area contributed by atoms with E-state index in [9.17, 15) is 4.79 Å². The predicted molar refractivity (Wildman–Crippen MR) is 72.5 cm³/mol. The number of hydrogen-bond donors (Lipinski definition) is 2. The molecule has 3 rings (SSSR count). The van der Waals surface area contributed by atoms with Crippen LogP contribution in [-0.4, -0.2) is 19.0 Å². The molecule has 0 spiro atoms. The Kier molecular flexibility index (Phi) is 3.33. The van der Waals surface area contributed by atoms with E-state index >= 15 is 0 Å². The van der Waals surface area contributed by atoms with Crippen molar-refractivity contribution >= 4 is 11.6 Å². The largest absolute Gasteiger partial charge is 0.326 e. The molecule has 2 aliphatic heterocycles. The summed E-state index contributed by atoms with van der Waals surface area (Å²) >= 11 is 0. The molecule has 2 heterocycles. The highest BCUT2D eigenvalue weighted by molar-refractivity contribution is 5.94. The molecule has 3 heteroatoms. The molecule has 2 N–H and O–H groups in total. The number of rotatable bonds is 1. The average molecular weight is 244 g/mol. The van der Waals surface area contributed by atoms with Gasteiger partial charge in [-0.15, -0.1) is 0 Å². The van der Waals surface area contributed by atoms with Crippen LogP contribution in [0.4, 0.5) is 5.69 Å². The van der Waals surface area contributed by atoms with Crippen LogP contribution in [0.25, 0.3) is 0 Å². The van der Waals surface area contributed by atoms with E-state index in [1.807, 2.05) is 12.1 Å². The summed E-state index contributed by atoms with van der Waals surface area (Å²) in [7, 11) is 0. The first-order valence-corrected chi connectivity index (χ1v) is 6.94. The van der Waals surface area contributed by atoms with Gasteiger partial charge >= 0.3 is 0 Å². The molecular formula is C15H20N2O. The first-order chi connectivity index (χ1) is 8.84. The fraction of sp³-hybridized carbons (Fsp3) is 0.533.